The van der Waals surface area contributed by atoms with Gasteiger partial charge in [-0.25, -0.2) is 8.42 Å². The highest BCUT2D eigenvalue weighted by Gasteiger charge is 2.48. The lowest BCUT2D eigenvalue weighted by atomic mass is 10.1. The summed E-state index contributed by atoms with van der Waals surface area (Å²) in [5, 5.41) is 0.613. The number of nitrogens with zero attached hydrogens (tertiary/aromatic N) is 2. The molecule has 1 fully saturated rings. The Labute approximate surface area is 188 Å². The summed E-state index contributed by atoms with van der Waals surface area (Å²) in [5.74, 6) is 0.277. The molecule has 0 radical (unpaired) electrons. The lowest BCUT2D eigenvalue weighted by molar-refractivity contribution is -0.137. The predicted molar refractivity (Wildman–Crippen MR) is 120 cm³/mol. The van der Waals surface area contributed by atoms with Crippen molar-refractivity contribution < 1.29 is 21.6 Å². The first-order valence-corrected chi connectivity index (χ1v) is 12.8. The maximum absolute atomic E-state index is 13.3. The molecule has 1 saturated heterocycles. The van der Waals surface area contributed by atoms with Crippen LogP contribution in [0.15, 0.2) is 41.4 Å². The van der Waals surface area contributed by atoms with Crippen LogP contribution in [0.25, 0.3) is 0 Å². The summed E-state index contributed by atoms with van der Waals surface area (Å²) >= 11 is 7.66. The van der Waals surface area contributed by atoms with Crippen molar-refractivity contribution in [3.63, 3.8) is 0 Å². The molecule has 2 aliphatic rings. The molecule has 0 saturated carbocycles. The molecule has 0 N–H and O–H groups in total. The number of aryl methyl sites for hydroxylation is 2. The molecule has 0 bridgehead atoms. The van der Waals surface area contributed by atoms with Crippen LogP contribution in [-0.2, 0) is 21.8 Å². The first-order chi connectivity index (χ1) is 14.4. The molecule has 2 heterocycles. The number of aliphatic imine (C=N–C) groups is 1. The molecule has 2 aromatic rings. The molecule has 0 aromatic heterocycles. The number of fused-ring (bicyclic) bond motifs is 1. The Bertz CT molecular complexity index is 1170. The molecule has 2 aliphatic heterocycles. The number of halogens is 4. The van der Waals surface area contributed by atoms with Crippen LogP contribution in [-0.4, -0.2) is 37.2 Å². The number of thioether (sulfide) groups is 1. The van der Waals surface area contributed by atoms with Crippen LogP contribution in [0.1, 0.15) is 22.3 Å². The molecule has 0 aliphatic carbocycles. The number of hydrogen-bond acceptors (Lipinski definition) is 5. The topological polar surface area (TPSA) is 49.7 Å². The van der Waals surface area contributed by atoms with E-state index in [0.29, 0.717) is 10.9 Å². The number of hydrogen-bond donors (Lipinski definition) is 0. The summed E-state index contributed by atoms with van der Waals surface area (Å²) in [6.07, 6.45) is -4.54. The minimum Gasteiger partial charge on any atom is -0.313 e. The van der Waals surface area contributed by atoms with E-state index < -0.39 is 33.7 Å². The Morgan fingerprint density at radius 3 is 2.55 bits per heavy atom. The summed E-state index contributed by atoms with van der Waals surface area (Å²) in [5.41, 5.74) is 2.66. The highest BCUT2D eigenvalue weighted by Crippen LogP contribution is 2.41. The first-order valence-electron chi connectivity index (χ1n) is 9.58. The summed E-state index contributed by atoms with van der Waals surface area (Å²) in [7, 11) is -3.32. The Morgan fingerprint density at radius 1 is 1.13 bits per heavy atom. The van der Waals surface area contributed by atoms with E-state index in [1.54, 1.807) is 4.90 Å². The third kappa shape index (κ3) is 4.59. The van der Waals surface area contributed by atoms with E-state index in [-0.39, 0.29) is 22.2 Å². The SMILES string of the molecule is Cc1ccc(CSC2=NC3CS(=O)(=O)CC3N2c2cc(C(F)(F)F)ccc2Cl)cc1C. The van der Waals surface area contributed by atoms with Gasteiger partial charge in [0.1, 0.15) is 0 Å². The maximum Gasteiger partial charge on any atom is 0.416 e. The normalized spacial score (nSPS) is 22.5. The Kier molecular flexibility index (Phi) is 5.81. The number of rotatable bonds is 3. The Balaban J connectivity index is 1.69. The molecule has 4 nitrogen and oxygen atoms in total. The van der Waals surface area contributed by atoms with Gasteiger partial charge in [0.15, 0.2) is 15.0 Å². The van der Waals surface area contributed by atoms with Crippen molar-refractivity contribution in [3.05, 3.63) is 63.7 Å². The van der Waals surface area contributed by atoms with E-state index >= 15 is 0 Å². The van der Waals surface area contributed by atoms with Crippen LogP contribution in [0.5, 0.6) is 0 Å². The number of alkyl halides is 3. The van der Waals surface area contributed by atoms with E-state index in [1.165, 1.54) is 23.4 Å². The molecule has 166 valence electrons. The fourth-order valence-corrected chi connectivity index (χ4v) is 6.94. The second-order valence-corrected chi connectivity index (χ2v) is 11.4. The van der Waals surface area contributed by atoms with Crippen LogP contribution >= 0.6 is 23.4 Å². The van der Waals surface area contributed by atoms with Crippen molar-refractivity contribution in [2.45, 2.75) is 37.9 Å². The van der Waals surface area contributed by atoms with E-state index in [0.717, 1.165) is 23.3 Å². The second kappa shape index (κ2) is 8.01. The average Bonchev–Trinajstić information content (AvgIpc) is 3.13. The van der Waals surface area contributed by atoms with Crippen molar-refractivity contribution >= 4 is 44.1 Å². The summed E-state index contributed by atoms with van der Waals surface area (Å²) < 4.78 is 64.3. The minimum atomic E-state index is -4.54. The van der Waals surface area contributed by atoms with Gasteiger partial charge in [-0.1, -0.05) is 41.6 Å². The molecule has 4 rings (SSSR count). The van der Waals surface area contributed by atoms with Crippen LogP contribution < -0.4 is 4.90 Å². The fraction of sp³-hybridized carbons (Fsp3) is 0.381. The monoisotopic (exact) mass is 488 g/mol. The fourth-order valence-electron chi connectivity index (χ4n) is 3.83. The number of anilines is 1. The van der Waals surface area contributed by atoms with Gasteiger partial charge in [-0.15, -0.1) is 0 Å². The van der Waals surface area contributed by atoms with Crippen LogP contribution in [0.3, 0.4) is 0 Å². The predicted octanol–water partition coefficient (Wildman–Crippen LogP) is 5.25. The van der Waals surface area contributed by atoms with Gasteiger partial charge in [-0.2, -0.15) is 13.2 Å². The van der Waals surface area contributed by atoms with Gasteiger partial charge in [0.2, 0.25) is 0 Å². The average molecular weight is 489 g/mol. The highest BCUT2D eigenvalue weighted by atomic mass is 35.5. The number of benzene rings is 2. The zero-order valence-electron chi connectivity index (χ0n) is 16.8. The van der Waals surface area contributed by atoms with Crippen LogP contribution in [0.2, 0.25) is 5.02 Å². The molecule has 2 aromatic carbocycles. The van der Waals surface area contributed by atoms with Gasteiger partial charge in [-0.05, 0) is 48.7 Å². The molecule has 31 heavy (non-hydrogen) atoms. The smallest absolute Gasteiger partial charge is 0.313 e. The zero-order chi connectivity index (χ0) is 22.6. The van der Waals surface area contributed by atoms with E-state index in [9.17, 15) is 21.6 Å². The largest absolute Gasteiger partial charge is 0.416 e. The van der Waals surface area contributed by atoms with Crippen molar-refractivity contribution in [2.24, 2.45) is 4.99 Å². The Morgan fingerprint density at radius 2 is 1.87 bits per heavy atom. The molecule has 2 atom stereocenters. The van der Waals surface area contributed by atoms with Crippen molar-refractivity contribution in [1.82, 2.24) is 0 Å². The van der Waals surface area contributed by atoms with Gasteiger partial charge in [-0.3, -0.25) is 4.99 Å². The zero-order valence-corrected chi connectivity index (χ0v) is 19.2. The maximum atomic E-state index is 13.3. The molecular weight excluding hydrogens is 469 g/mol. The first kappa shape index (κ1) is 22.5. The summed E-state index contributed by atoms with van der Waals surface area (Å²) in [6.45, 7) is 4.03. The second-order valence-electron chi connectivity index (χ2n) is 7.86. The standard InChI is InChI=1S/C21H20ClF3N2O2S2/c1-12-3-4-14(7-13(12)2)9-30-20-26-17-10-31(28,29)11-19(17)27(20)18-8-15(21(23,24)25)5-6-16(18)22/h3-8,17,19H,9-11H2,1-2H3. The molecular formula is C21H20ClF3N2O2S2. The van der Waals surface area contributed by atoms with E-state index in [4.69, 9.17) is 11.6 Å². The third-order valence-corrected chi connectivity index (χ3v) is 8.64. The van der Waals surface area contributed by atoms with Crippen LogP contribution in [0, 0.1) is 13.8 Å². The third-order valence-electron chi connectivity index (χ3n) is 5.58. The summed E-state index contributed by atoms with van der Waals surface area (Å²) in [4.78, 5) is 6.16. The highest BCUT2D eigenvalue weighted by molar-refractivity contribution is 8.13. The number of sulfone groups is 1. The van der Waals surface area contributed by atoms with Gasteiger partial charge >= 0.3 is 6.18 Å². The molecule has 0 spiro atoms. The minimum absolute atomic E-state index is 0.113. The van der Waals surface area contributed by atoms with E-state index in [2.05, 4.69) is 11.1 Å². The van der Waals surface area contributed by atoms with Gasteiger partial charge in [0.05, 0.1) is 39.9 Å². The van der Waals surface area contributed by atoms with Crippen LogP contribution in [0.4, 0.5) is 18.9 Å². The lowest BCUT2D eigenvalue weighted by Gasteiger charge is -2.28. The Hall–Kier alpha value is -1.71. The van der Waals surface area contributed by atoms with Crippen molar-refractivity contribution in [3.8, 4) is 0 Å². The van der Waals surface area contributed by atoms with E-state index in [1.807, 2.05) is 26.0 Å². The van der Waals surface area contributed by atoms with Gasteiger partial charge in [0.25, 0.3) is 0 Å². The number of amidine groups is 1. The lowest BCUT2D eigenvalue weighted by Crippen LogP contribution is -2.39. The summed E-state index contributed by atoms with van der Waals surface area (Å²) in [6, 6.07) is 8.09. The van der Waals surface area contributed by atoms with Crippen molar-refractivity contribution in [1.29, 1.82) is 0 Å². The molecule has 0 amide bonds. The quantitative estimate of drug-likeness (QED) is 0.592. The molecule has 10 heteroatoms. The van der Waals surface area contributed by atoms with Crippen molar-refractivity contribution in [2.75, 3.05) is 16.4 Å². The van der Waals surface area contributed by atoms with Gasteiger partial charge in [0, 0.05) is 5.75 Å². The molecule has 2 unspecified atom stereocenters. The van der Waals surface area contributed by atoms with Gasteiger partial charge < -0.3 is 4.90 Å².